The Balaban J connectivity index is 1.58. The minimum atomic E-state index is 0.0179. The number of allylic oxidation sites excluding steroid dienone is 1. The van der Waals surface area contributed by atoms with Gasteiger partial charge in [0.1, 0.15) is 11.9 Å². The predicted molar refractivity (Wildman–Crippen MR) is 152 cm³/mol. The summed E-state index contributed by atoms with van der Waals surface area (Å²) in [4.78, 5) is 3.32. The van der Waals surface area contributed by atoms with Gasteiger partial charge in [0.25, 0.3) is 0 Å². The van der Waals surface area contributed by atoms with E-state index in [2.05, 4.69) is 77.7 Å². The van der Waals surface area contributed by atoms with Crippen LogP contribution in [0.5, 0.6) is 0 Å². The standard InChI is InChI=1S/C28H50N6S/c1-21(2)10-7-11-22(3)12-8-13-23(4)14-9-15-24(5)18-19-35-20-26(28-31-33-34-32-28)30-27-17-16-25(6)29-27/h16-18,21-23,26,29-30H,7-15,19-20H2,1-6H3,(H,31,32,33,34). The van der Waals surface area contributed by atoms with Gasteiger partial charge in [-0.3, -0.25) is 0 Å². The Bertz CT molecular complexity index is 813. The summed E-state index contributed by atoms with van der Waals surface area (Å²) in [5, 5.41) is 18.2. The summed E-state index contributed by atoms with van der Waals surface area (Å²) in [6.07, 6.45) is 14.6. The van der Waals surface area contributed by atoms with Crippen LogP contribution in [-0.2, 0) is 0 Å². The van der Waals surface area contributed by atoms with Crippen LogP contribution in [0.25, 0.3) is 0 Å². The second-order valence-corrected chi connectivity index (χ2v) is 12.0. The van der Waals surface area contributed by atoms with E-state index in [-0.39, 0.29) is 6.04 Å². The van der Waals surface area contributed by atoms with Crippen LogP contribution in [0, 0.1) is 24.7 Å². The molecule has 2 rings (SSSR count). The van der Waals surface area contributed by atoms with Crippen molar-refractivity contribution in [2.75, 3.05) is 16.8 Å². The van der Waals surface area contributed by atoms with E-state index in [1.54, 1.807) is 0 Å². The second kappa shape index (κ2) is 16.8. The molecule has 0 spiro atoms. The van der Waals surface area contributed by atoms with Gasteiger partial charge in [-0.05, 0) is 56.6 Å². The maximum absolute atomic E-state index is 4.19. The van der Waals surface area contributed by atoms with Gasteiger partial charge in [0.2, 0.25) is 0 Å². The van der Waals surface area contributed by atoms with Crippen molar-refractivity contribution in [1.29, 1.82) is 0 Å². The molecule has 0 aliphatic rings. The summed E-state index contributed by atoms with van der Waals surface area (Å²) in [5.41, 5.74) is 2.64. The summed E-state index contributed by atoms with van der Waals surface area (Å²) >= 11 is 1.90. The fourth-order valence-corrected chi connectivity index (χ4v) is 5.48. The van der Waals surface area contributed by atoms with Crippen LogP contribution in [0.15, 0.2) is 23.8 Å². The maximum Gasteiger partial charge on any atom is 0.197 e. The second-order valence-electron chi connectivity index (χ2n) is 11.0. The number of anilines is 1. The van der Waals surface area contributed by atoms with Crippen LogP contribution in [0.4, 0.5) is 5.82 Å². The van der Waals surface area contributed by atoms with Gasteiger partial charge in [-0.15, -0.1) is 10.2 Å². The molecule has 0 radical (unpaired) electrons. The number of nitrogens with one attached hydrogen (secondary N) is 3. The van der Waals surface area contributed by atoms with Crippen LogP contribution in [0.2, 0.25) is 0 Å². The van der Waals surface area contributed by atoms with Crippen molar-refractivity contribution in [3.8, 4) is 0 Å². The van der Waals surface area contributed by atoms with Crippen LogP contribution in [-0.4, -0.2) is 37.1 Å². The molecular weight excluding hydrogens is 452 g/mol. The Kier molecular flexibility index (Phi) is 14.2. The number of aromatic amines is 2. The fourth-order valence-electron chi connectivity index (χ4n) is 4.47. The largest absolute Gasteiger partial charge is 0.361 e. The Morgan fingerprint density at radius 2 is 1.69 bits per heavy atom. The molecular formula is C28H50N6S. The van der Waals surface area contributed by atoms with Gasteiger partial charge in [-0.2, -0.15) is 17.0 Å². The minimum Gasteiger partial charge on any atom is -0.361 e. The molecule has 198 valence electrons. The number of aromatic nitrogens is 5. The third kappa shape index (κ3) is 13.2. The Morgan fingerprint density at radius 1 is 1.00 bits per heavy atom. The van der Waals surface area contributed by atoms with Crippen molar-refractivity contribution in [1.82, 2.24) is 25.6 Å². The molecule has 2 aromatic rings. The average Bonchev–Trinajstić information content (AvgIpc) is 3.47. The van der Waals surface area contributed by atoms with Gasteiger partial charge < -0.3 is 10.3 Å². The van der Waals surface area contributed by atoms with E-state index >= 15 is 0 Å². The smallest absolute Gasteiger partial charge is 0.197 e. The zero-order valence-corrected chi connectivity index (χ0v) is 23.9. The molecule has 35 heavy (non-hydrogen) atoms. The molecule has 3 unspecified atom stereocenters. The van der Waals surface area contributed by atoms with Crippen molar-refractivity contribution in [2.45, 2.75) is 105 Å². The summed E-state index contributed by atoms with van der Waals surface area (Å²) in [7, 11) is 0. The van der Waals surface area contributed by atoms with Gasteiger partial charge in [0, 0.05) is 17.2 Å². The molecule has 0 saturated carbocycles. The zero-order valence-electron chi connectivity index (χ0n) is 23.1. The highest BCUT2D eigenvalue weighted by atomic mass is 32.2. The van der Waals surface area contributed by atoms with Crippen molar-refractivity contribution >= 4 is 17.6 Å². The molecule has 0 aliphatic carbocycles. The number of thioether (sulfide) groups is 1. The lowest BCUT2D eigenvalue weighted by Gasteiger charge is -2.15. The van der Waals surface area contributed by atoms with E-state index in [0.717, 1.165) is 40.8 Å². The molecule has 0 amide bonds. The third-order valence-electron chi connectivity index (χ3n) is 6.81. The van der Waals surface area contributed by atoms with E-state index in [1.165, 1.54) is 63.4 Å². The van der Waals surface area contributed by atoms with Gasteiger partial charge in [0.15, 0.2) is 5.82 Å². The normalized spacial score (nSPS) is 14.9. The third-order valence-corrected chi connectivity index (χ3v) is 7.78. The van der Waals surface area contributed by atoms with Crippen LogP contribution in [0.1, 0.15) is 110 Å². The molecule has 3 N–H and O–H groups in total. The predicted octanol–water partition coefficient (Wildman–Crippen LogP) is 8.11. The Hall–Kier alpha value is -1.76. The average molecular weight is 503 g/mol. The lowest BCUT2D eigenvalue weighted by atomic mass is 9.91. The summed E-state index contributed by atoms with van der Waals surface area (Å²) in [6.45, 7) is 13.9. The number of nitrogens with zero attached hydrogens (tertiary/aromatic N) is 3. The van der Waals surface area contributed by atoms with E-state index in [0.29, 0.717) is 5.82 Å². The molecule has 0 aliphatic heterocycles. The SMILES string of the molecule is CC(=CCSCC(Nc1ccc(C)[nH]1)c1nn[nH]n1)CCCC(C)CCCC(C)CCCC(C)C. The highest BCUT2D eigenvalue weighted by molar-refractivity contribution is 7.99. The fraction of sp³-hybridized carbons (Fsp3) is 0.750. The van der Waals surface area contributed by atoms with Crippen molar-refractivity contribution < 1.29 is 0 Å². The molecule has 2 aromatic heterocycles. The number of H-pyrrole nitrogens is 2. The van der Waals surface area contributed by atoms with Crippen LogP contribution >= 0.6 is 11.8 Å². The zero-order chi connectivity index (χ0) is 25.5. The number of aryl methyl sites for hydroxylation is 1. The highest BCUT2D eigenvalue weighted by Crippen LogP contribution is 2.23. The quantitative estimate of drug-likeness (QED) is 0.133. The van der Waals surface area contributed by atoms with Crippen LogP contribution in [0.3, 0.4) is 0 Å². The van der Waals surface area contributed by atoms with E-state index in [4.69, 9.17) is 0 Å². The topological polar surface area (TPSA) is 82.3 Å². The first-order chi connectivity index (χ1) is 16.8. The number of tetrazole rings is 1. The van der Waals surface area contributed by atoms with Gasteiger partial charge in [-0.1, -0.05) is 89.5 Å². The lowest BCUT2D eigenvalue weighted by Crippen LogP contribution is -2.15. The van der Waals surface area contributed by atoms with Gasteiger partial charge >= 0.3 is 0 Å². The molecule has 3 atom stereocenters. The Morgan fingerprint density at radius 3 is 2.29 bits per heavy atom. The molecule has 7 heteroatoms. The van der Waals surface area contributed by atoms with Crippen molar-refractivity contribution in [3.05, 3.63) is 35.3 Å². The summed E-state index contributed by atoms with van der Waals surface area (Å²) in [6, 6.07) is 4.13. The highest BCUT2D eigenvalue weighted by Gasteiger charge is 2.16. The molecule has 0 bridgehead atoms. The first-order valence-electron chi connectivity index (χ1n) is 13.7. The van der Waals surface area contributed by atoms with E-state index in [1.807, 2.05) is 24.8 Å². The Labute approximate surface area is 218 Å². The van der Waals surface area contributed by atoms with Crippen LogP contribution < -0.4 is 5.32 Å². The lowest BCUT2D eigenvalue weighted by molar-refractivity contribution is 0.389. The van der Waals surface area contributed by atoms with E-state index < -0.39 is 0 Å². The van der Waals surface area contributed by atoms with Crippen molar-refractivity contribution in [2.24, 2.45) is 17.8 Å². The summed E-state index contributed by atoms with van der Waals surface area (Å²) in [5.74, 6) is 6.17. The van der Waals surface area contributed by atoms with Gasteiger partial charge in [0.05, 0.1) is 0 Å². The number of rotatable bonds is 19. The number of hydrogen-bond donors (Lipinski definition) is 3. The molecule has 0 aromatic carbocycles. The molecule has 2 heterocycles. The van der Waals surface area contributed by atoms with Gasteiger partial charge in [-0.25, -0.2) is 0 Å². The first kappa shape index (κ1) is 29.5. The van der Waals surface area contributed by atoms with E-state index in [9.17, 15) is 0 Å². The molecule has 6 nitrogen and oxygen atoms in total. The minimum absolute atomic E-state index is 0.0179. The molecule has 0 saturated heterocycles. The summed E-state index contributed by atoms with van der Waals surface area (Å²) < 4.78 is 0. The molecule has 0 fully saturated rings. The number of hydrogen-bond acceptors (Lipinski definition) is 5. The van der Waals surface area contributed by atoms with Crippen molar-refractivity contribution in [3.63, 3.8) is 0 Å². The maximum atomic E-state index is 4.19. The first-order valence-corrected chi connectivity index (χ1v) is 14.9. The monoisotopic (exact) mass is 502 g/mol.